The lowest BCUT2D eigenvalue weighted by Gasteiger charge is -2.32. The van der Waals surface area contributed by atoms with Crippen LogP contribution >= 0.6 is 0 Å². The third kappa shape index (κ3) is 3.09. The van der Waals surface area contributed by atoms with Crippen molar-refractivity contribution in [3.05, 3.63) is 29.8 Å². The maximum atomic E-state index is 12.7. The lowest BCUT2D eigenvalue weighted by molar-refractivity contribution is 0.174. The van der Waals surface area contributed by atoms with Gasteiger partial charge >= 0.3 is 6.03 Å². The number of carbonyl (C=O) groups is 1. The van der Waals surface area contributed by atoms with Gasteiger partial charge in [-0.25, -0.2) is 13.2 Å². The van der Waals surface area contributed by atoms with Gasteiger partial charge in [0.05, 0.1) is 16.7 Å². The van der Waals surface area contributed by atoms with Crippen LogP contribution in [-0.4, -0.2) is 37.7 Å². The molecule has 126 valence electrons. The summed E-state index contributed by atoms with van der Waals surface area (Å²) in [6.45, 7) is 5.05. The van der Waals surface area contributed by atoms with Crippen LogP contribution in [0.3, 0.4) is 0 Å². The molecule has 0 aliphatic carbocycles. The second-order valence-electron chi connectivity index (χ2n) is 6.79. The Morgan fingerprint density at radius 2 is 2.00 bits per heavy atom. The van der Waals surface area contributed by atoms with Crippen molar-refractivity contribution in [2.24, 2.45) is 5.92 Å². The van der Waals surface area contributed by atoms with Crippen LogP contribution in [0.5, 0.6) is 0 Å². The Labute approximate surface area is 138 Å². The number of fused-ring (bicyclic) bond motifs is 1. The number of nitrogens with one attached hydrogen (secondary N) is 1. The van der Waals surface area contributed by atoms with Gasteiger partial charge in [-0.05, 0) is 36.8 Å². The van der Waals surface area contributed by atoms with Gasteiger partial charge in [-0.3, -0.25) is 0 Å². The molecule has 2 aliphatic heterocycles. The fourth-order valence-corrected chi connectivity index (χ4v) is 5.33. The van der Waals surface area contributed by atoms with Gasteiger partial charge in [0.25, 0.3) is 0 Å². The van der Waals surface area contributed by atoms with E-state index in [0.717, 1.165) is 19.4 Å². The van der Waals surface area contributed by atoms with E-state index < -0.39 is 9.84 Å². The van der Waals surface area contributed by atoms with Gasteiger partial charge < -0.3 is 10.2 Å². The van der Waals surface area contributed by atoms with E-state index in [1.807, 2.05) is 11.0 Å². The summed E-state index contributed by atoms with van der Waals surface area (Å²) >= 11 is 0. The Kier molecular flexibility index (Phi) is 4.36. The first kappa shape index (κ1) is 16.3. The molecule has 1 aromatic carbocycles. The molecule has 0 aromatic heterocycles. The first-order valence-electron chi connectivity index (χ1n) is 8.29. The molecule has 1 saturated heterocycles. The van der Waals surface area contributed by atoms with Crippen LogP contribution in [0.15, 0.2) is 29.2 Å². The number of urea groups is 1. The molecule has 0 bridgehead atoms. The van der Waals surface area contributed by atoms with Gasteiger partial charge in [0.2, 0.25) is 0 Å². The number of likely N-dealkylation sites (tertiary alicyclic amines) is 1. The Bertz CT molecular complexity index is 700. The van der Waals surface area contributed by atoms with Crippen molar-refractivity contribution >= 4 is 15.9 Å². The van der Waals surface area contributed by atoms with E-state index in [2.05, 4.69) is 19.2 Å². The second-order valence-corrected chi connectivity index (χ2v) is 8.87. The lowest BCUT2D eigenvalue weighted by atomic mass is 10.0. The average Bonchev–Trinajstić information content (AvgIpc) is 3.00. The normalized spacial score (nSPS) is 26.1. The third-order valence-electron chi connectivity index (χ3n) is 4.93. The molecule has 3 rings (SSSR count). The molecule has 6 heteroatoms. The van der Waals surface area contributed by atoms with E-state index in [1.54, 1.807) is 18.2 Å². The highest BCUT2D eigenvalue weighted by atomic mass is 32.2. The van der Waals surface area contributed by atoms with Crippen LogP contribution in [0.4, 0.5) is 4.79 Å². The second kappa shape index (κ2) is 6.15. The first-order chi connectivity index (χ1) is 10.9. The molecular formula is C17H24N2O3S. The van der Waals surface area contributed by atoms with E-state index in [0.29, 0.717) is 22.8 Å². The van der Waals surface area contributed by atoms with Gasteiger partial charge in [0.15, 0.2) is 9.84 Å². The van der Waals surface area contributed by atoms with Crippen LogP contribution < -0.4 is 5.32 Å². The summed E-state index contributed by atoms with van der Waals surface area (Å²) in [5.74, 6) is 0.519. The van der Waals surface area contributed by atoms with E-state index >= 15 is 0 Å². The summed E-state index contributed by atoms with van der Waals surface area (Å²) in [7, 11) is -3.22. The summed E-state index contributed by atoms with van der Waals surface area (Å²) in [6.07, 6.45) is 2.51. The molecule has 2 atom stereocenters. The molecule has 0 radical (unpaired) electrons. The minimum atomic E-state index is -3.22. The standard InChI is InChI=1S/C17H24N2O3S/c1-12(2)15-7-5-10-19(15)17(20)18-14-9-11-23(21,22)16-8-4-3-6-13(14)16/h3-4,6,8,12,14-15H,5,7,9-11H2,1-2H3,(H,18,20). The molecular weight excluding hydrogens is 312 g/mol. The molecule has 23 heavy (non-hydrogen) atoms. The topological polar surface area (TPSA) is 66.5 Å². The molecule has 2 amide bonds. The van der Waals surface area contributed by atoms with Crippen LogP contribution in [-0.2, 0) is 9.84 Å². The predicted octanol–water partition coefficient (Wildman–Crippen LogP) is 2.74. The predicted molar refractivity (Wildman–Crippen MR) is 89.0 cm³/mol. The fraction of sp³-hybridized carbons (Fsp3) is 0.588. The van der Waals surface area contributed by atoms with Gasteiger partial charge in [-0.15, -0.1) is 0 Å². The molecule has 1 N–H and O–H groups in total. The summed E-state index contributed by atoms with van der Waals surface area (Å²) in [6, 6.07) is 6.98. The molecule has 0 saturated carbocycles. The van der Waals surface area contributed by atoms with Crippen molar-refractivity contribution in [1.29, 1.82) is 0 Å². The largest absolute Gasteiger partial charge is 0.331 e. The van der Waals surface area contributed by atoms with E-state index in [4.69, 9.17) is 0 Å². The number of hydrogen-bond acceptors (Lipinski definition) is 3. The van der Waals surface area contributed by atoms with Gasteiger partial charge in [0.1, 0.15) is 0 Å². The van der Waals surface area contributed by atoms with Crippen molar-refractivity contribution in [2.75, 3.05) is 12.3 Å². The minimum Gasteiger partial charge on any atom is -0.331 e. The van der Waals surface area contributed by atoms with Crippen LogP contribution in [0.25, 0.3) is 0 Å². The Morgan fingerprint density at radius 1 is 1.26 bits per heavy atom. The van der Waals surface area contributed by atoms with Gasteiger partial charge in [-0.1, -0.05) is 32.0 Å². The highest BCUT2D eigenvalue weighted by molar-refractivity contribution is 7.91. The zero-order valence-electron chi connectivity index (χ0n) is 13.7. The summed E-state index contributed by atoms with van der Waals surface area (Å²) in [5.41, 5.74) is 0.715. The number of nitrogens with zero attached hydrogens (tertiary/aromatic N) is 1. The smallest absolute Gasteiger partial charge is 0.318 e. The minimum absolute atomic E-state index is 0.0692. The summed E-state index contributed by atoms with van der Waals surface area (Å²) in [4.78, 5) is 14.9. The van der Waals surface area contributed by atoms with Crippen molar-refractivity contribution in [3.63, 3.8) is 0 Å². The number of hydrogen-bond donors (Lipinski definition) is 1. The van der Waals surface area contributed by atoms with Gasteiger partial charge in [-0.2, -0.15) is 0 Å². The monoisotopic (exact) mass is 336 g/mol. The van der Waals surface area contributed by atoms with Crippen molar-refractivity contribution in [2.45, 2.75) is 50.1 Å². The van der Waals surface area contributed by atoms with E-state index in [1.165, 1.54) is 0 Å². The molecule has 2 unspecified atom stereocenters. The van der Waals surface area contributed by atoms with Crippen LogP contribution in [0.2, 0.25) is 0 Å². The zero-order chi connectivity index (χ0) is 16.6. The maximum Gasteiger partial charge on any atom is 0.318 e. The number of rotatable bonds is 2. The summed E-state index contributed by atoms with van der Waals surface area (Å²) in [5, 5.41) is 3.06. The van der Waals surface area contributed by atoms with Gasteiger partial charge in [0, 0.05) is 12.6 Å². The molecule has 1 fully saturated rings. The third-order valence-corrected chi connectivity index (χ3v) is 6.75. The highest BCUT2D eigenvalue weighted by Crippen LogP contribution is 2.32. The molecule has 0 spiro atoms. The average molecular weight is 336 g/mol. The first-order valence-corrected chi connectivity index (χ1v) is 9.94. The molecule has 5 nitrogen and oxygen atoms in total. The number of amides is 2. The highest BCUT2D eigenvalue weighted by Gasteiger charge is 2.35. The molecule has 2 aliphatic rings. The summed E-state index contributed by atoms with van der Waals surface area (Å²) < 4.78 is 24.4. The SMILES string of the molecule is CC(C)C1CCCN1C(=O)NC1CCS(=O)(=O)c2ccccc21. The van der Waals surface area contributed by atoms with E-state index in [9.17, 15) is 13.2 Å². The number of sulfone groups is 1. The number of benzene rings is 1. The fourth-order valence-electron chi connectivity index (χ4n) is 3.71. The molecule has 2 heterocycles. The van der Waals surface area contributed by atoms with Crippen molar-refractivity contribution in [3.8, 4) is 0 Å². The van der Waals surface area contributed by atoms with Crippen LogP contribution in [0, 0.1) is 5.92 Å². The van der Waals surface area contributed by atoms with Crippen LogP contribution in [0.1, 0.15) is 44.7 Å². The Balaban J connectivity index is 1.80. The quantitative estimate of drug-likeness (QED) is 0.903. The van der Waals surface area contributed by atoms with E-state index in [-0.39, 0.29) is 23.9 Å². The zero-order valence-corrected chi connectivity index (χ0v) is 14.5. The molecule has 1 aromatic rings. The van der Waals surface area contributed by atoms with Crippen molar-refractivity contribution < 1.29 is 13.2 Å². The number of carbonyl (C=O) groups excluding carboxylic acids is 1. The maximum absolute atomic E-state index is 12.7. The Hall–Kier alpha value is -1.56. The van der Waals surface area contributed by atoms with Crippen molar-refractivity contribution in [1.82, 2.24) is 10.2 Å². The Morgan fingerprint density at radius 3 is 2.74 bits per heavy atom. The lowest BCUT2D eigenvalue weighted by Crippen LogP contribution is -2.46.